The predicted molar refractivity (Wildman–Crippen MR) is 138 cm³/mol. The van der Waals surface area contributed by atoms with Crippen molar-refractivity contribution in [2.24, 2.45) is 11.8 Å². The number of para-hydroxylation sites is 1. The normalized spacial score (nSPS) is 22.1. The zero-order chi connectivity index (χ0) is 23.5. The molecule has 1 fully saturated rings. The molecule has 1 unspecified atom stereocenters. The van der Waals surface area contributed by atoms with E-state index in [0.29, 0.717) is 17.9 Å². The second-order valence-electron chi connectivity index (χ2n) is 10.1. The first-order valence-corrected chi connectivity index (χ1v) is 12.6. The van der Waals surface area contributed by atoms with Gasteiger partial charge >= 0.3 is 0 Å². The number of nitrogens with one attached hydrogen (secondary N) is 2. The molecule has 1 heterocycles. The molecule has 3 aromatic rings. The Morgan fingerprint density at radius 2 is 1.68 bits per heavy atom. The van der Waals surface area contributed by atoms with Crippen LogP contribution in [0.4, 0.5) is 11.8 Å². The van der Waals surface area contributed by atoms with Crippen molar-refractivity contribution >= 4 is 28.6 Å². The smallest absolute Gasteiger partial charge is 0.225 e. The van der Waals surface area contributed by atoms with Gasteiger partial charge < -0.3 is 15.5 Å². The number of rotatable bonds is 6. The zero-order valence-corrected chi connectivity index (χ0v) is 20.3. The monoisotopic (exact) mass is 457 g/mol. The number of carbonyl (C=O) groups excluding carboxylic acids is 1. The van der Waals surface area contributed by atoms with Gasteiger partial charge in [-0.1, -0.05) is 36.4 Å². The second-order valence-corrected chi connectivity index (χ2v) is 10.1. The topological polar surface area (TPSA) is 70.2 Å². The van der Waals surface area contributed by atoms with Crippen LogP contribution in [0.1, 0.15) is 43.2 Å². The molecule has 6 nitrogen and oxygen atoms in total. The van der Waals surface area contributed by atoms with Gasteiger partial charge in [0.25, 0.3) is 0 Å². The van der Waals surface area contributed by atoms with Gasteiger partial charge in [-0.3, -0.25) is 4.79 Å². The Hall–Kier alpha value is -3.15. The largest absolute Gasteiger partial charge is 0.362 e. The van der Waals surface area contributed by atoms with Crippen molar-refractivity contribution in [3.8, 4) is 0 Å². The Morgan fingerprint density at radius 1 is 0.941 bits per heavy atom. The maximum absolute atomic E-state index is 12.8. The van der Waals surface area contributed by atoms with Crippen molar-refractivity contribution in [1.82, 2.24) is 15.3 Å². The summed E-state index contributed by atoms with van der Waals surface area (Å²) in [5, 5.41) is 7.91. The van der Waals surface area contributed by atoms with E-state index in [1.165, 1.54) is 11.1 Å². The molecule has 0 spiro atoms. The lowest BCUT2D eigenvalue weighted by Gasteiger charge is -2.30. The van der Waals surface area contributed by atoms with Crippen LogP contribution in [0.25, 0.3) is 10.9 Å². The minimum Gasteiger partial charge on any atom is -0.362 e. The standard InChI is InChI=1S/C28H35N5O/c1-33(2)26-24-9-5-6-10-25(24)31-28(32-26)30-23-15-11-19(12-16-23)18-29-27(34)22-14-13-20-7-3-4-8-21(20)17-22/h3-10,19,22-23H,11-18H2,1-2H3,(H,29,34)(H,30,31,32). The lowest BCUT2D eigenvalue weighted by atomic mass is 9.83. The summed E-state index contributed by atoms with van der Waals surface area (Å²) < 4.78 is 0. The summed E-state index contributed by atoms with van der Waals surface area (Å²) in [4.78, 5) is 24.4. The van der Waals surface area contributed by atoms with Gasteiger partial charge in [0, 0.05) is 38.0 Å². The SMILES string of the molecule is CN(C)c1nc(NC2CCC(CNC(=O)C3CCc4ccccc4C3)CC2)nc2ccccc12. The molecule has 1 amide bonds. The summed E-state index contributed by atoms with van der Waals surface area (Å²) in [5.41, 5.74) is 3.71. The second kappa shape index (κ2) is 10.00. The highest BCUT2D eigenvalue weighted by atomic mass is 16.1. The van der Waals surface area contributed by atoms with Crippen molar-refractivity contribution in [2.75, 3.05) is 30.9 Å². The Bertz CT molecular complexity index is 1150. The van der Waals surface area contributed by atoms with Crippen molar-refractivity contribution in [3.05, 3.63) is 59.7 Å². The van der Waals surface area contributed by atoms with E-state index in [4.69, 9.17) is 9.97 Å². The van der Waals surface area contributed by atoms with Gasteiger partial charge in [-0.2, -0.15) is 4.98 Å². The fourth-order valence-electron chi connectivity index (χ4n) is 5.47. The van der Waals surface area contributed by atoms with Crippen LogP contribution < -0.4 is 15.5 Å². The van der Waals surface area contributed by atoms with E-state index < -0.39 is 0 Å². The van der Waals surface area contributed by atoms with E-state index in [2.05, 4.69) is 41.0 Å². The molecule has 34 heavy (non-hydrogen) atoms. The van der Waals surface area contributed by atoms with Gasteiger partial charge in [0.05, 0.1) is 5.52 Å². The summed E-state index contributed by atoms with van der Waals surface area (Å²) in [7, 11) is 4.04. The van der Waals surface area contributed by atoms with E-state index in [0.717, 1.165) is 68.2 Å². The molecular weight excluding hydrogens is 422 g/mol. The molecule has 1 saturated carbocycles. The number of anilines is 2. The summed E-state index contributed by atoms with van der Waals surface area (Å²) in [6.07, 6.45) is 7.21. The lowest BCUT2D eigenvalue weighted by molar-refractivity contribution is -0.125. The van der Waals surface area contributed by atoms with E-state index in [-0.39, 0.29) is 11.8 Å². The minimum absolute atomic E-state index is 0.115. The number of hydrogen-bond acceptors (Lipinski definition) is 5. The average molecular weight is 458 g/mol. The Balaban J connectivity index is 1.11. The minimum atomic E-state index is 0.115. The number of amides is 1. The van der Waals surface area contributed by atoms with Gasteiger partial charge in [0.15, 0.2) is 0 Å². The van der Waals surface area contributed by atoms with E-state index >= 15 is 0 Å². The molecule has 2 aliphatic carbocycles. The number of carbonyl (C=O) groups is 1. The molecular formula is C28H35N5O. The van der Waals surface area contributed by atoms with Crippen molar-refractivity contribution < 1.29 is 4.79 Å². The lowest BCUT2D eigenvalue weighted by Crippen LogP contribution is -2.38. The summed E-state index contributed by atoms with van der Waals surface area (Å²) >= 11 is 0. The molecule has 6 heteroatoms. The van der Waals surface area contributed by atoms with Crippen LogP contribution in [-0.2, 0) is 17.6 Å². The van der Waals surface area contributed by atoms with Crippen LogP contribution in [0.5, 0.6) is 0 Å². The van der Waals surface area contributed by atoms with Crippen LogP contribution in [0.15, 0.2) is 48.5 Å². The van der Waals surface area contributed by atoms with Crippen LogP contribution in [-0.4, -0.2) is 42.6 Å². The van der Waals surface area contributed by atoms with Crippen molar-refractivity contribution in [1.29, 1.82) is 0 Å². The van der Waals surface area contributed by atoms with E-state index in [1.54, 1.807) is 0 Å². The highest BCUT2D eigenvalue weighted by Gasteiger charge is 2.26. The molecule has 5 rings (SSSR count). The molecule has 1 aromatic heterocycles. The van der Waals surface area contributed by atoms with Crippen LogP contribution in [0.3, 0.4) is 0 Å². The maximum atomic E-state index is 12.8. The number of benzene rings is 2. The number of aryl methyl sites for hydroxylation is 1. The highest BCUT2D eigenvalue weighted by molar-refractivity contribution is 5.90. The zero-order valence-electron chi connectivity index (χ0n) is 20.3. The number of nitrogens with zero attached hydrogens (tertiary/aromatic N) is 3. The Morgan fingerprint density at radius 3 is 2.47 bits per heavy atom. The van der Waals surface area contributed by atoms with Gasteiger partial charge in [0.2, 0.25) is 11.9 Å². The number of aromatic nitrogens is 2. The average Bonchev–Trinajstić information content (AvgIpc) is 2.87. The van der Waals surface area contributed by atoms with E-state index in [9.17, 15) is 4.79 Å². The van der Waals surface area contributed by atoms with Crippen molar-refractivity contribution in [2.45, 2.75) is 51.0 Å². The van der Waals surface area contributed by atoms with E-state index in [1.807, 2.05) is 37.2 Å². The third-order valence-electron chi connectivity index (χ3n) is 7.47. The number of hydrogen-bond donors (Lipinski definition) is 2. The molecule has 0 saturated heterocycles. The first-order chi connectivity index (χ1) is 16.6. The van der Waals surface area contributed by atoms with Gasteiger partial charge in [-0.15, -0.1) is 0 Å². The van der Waals surface area contributed by atoms with Gasteiger partial charge in [-0.25, -0.2) is 4.98 Å². The first kappa shape index (κ1) is 22.6. The Kier molecular flexibility index (Phi) is 6.66. The highest BCUT2D eigenvalue weighted by Crippen LogP contribution is 2.29. The van der Waals surface area contributed by atoms with Crippen LogP contribution in [0.2, 0.25) is 0 Å². The molecule has 178 valence electrons. The fourth-order valence-corrected chi connectivity index (χ4v) is 5.47. The first-order valence-electron chi connectivity index (χ1n) is 12.6. The fraction of sp³-hybridized carbons (Fsp3) is 0.464. The molecule has 0 radical (unpaired) electrons. The summed E-state index contributed by atoms with van der Waals surface area (Å²) in [5.74, 6) is 2.54. The van der Waals surface area contributed by atoms with Gasteiger partial charge in [0.1, 0.15) is 5.82 Å². The molecule has 0 bridgehead atoms. The Labute approximate surface area is 202 Å². The van der Waals surface area contributed by atoms with Crippen LogP contribution >= 0.6 is 0 Å². The van der Waals surface area contributed by atoms with Crippen molar-refractivity contribution in [3.63, 3.8) is 0 Å². The molecule has 1 atom stereocenters. The molecule has 2 aromatic carbocycles. The summed E-state index contributed by atoms with van der Waals surface area (Å²) in [6, 6.07) is 17.1. The summed E-state index contributed by atoms with van der Waals surface area (Å²) in [6.45, 7) is 0.793. The molecule has 0 aliphatic heterocycles. The third kappa shape index (κ3) is 5.01. The number of fused-ring (bicyclic) bond motifs is 2. The van der Waals surface area contributed by atoms with Gasteiger partial charge in [-0.05, 0) is 74.1 Å². The molecule has 2 aliphatic rings. The third-order valence-corrected chi connectivity index (χ3v) is 7.47. The maximum Gasteiger partial charge on any atom is 0.225 e. The predicted octanol–water partition coefficient (Wildman–Crippen LogP) is 4.59. The van der Waals surface area contributed by atoms with Crippen LogP contribution in [0, 0.1) is 11.8 Å². The quantitative estimate of drug-likeness (QED) is 0.567. The molecule has 2 N–H and O–H groups in total.